The molecule has 0 atom stereocenters. The van der Waals surface area contributed by atoms with Gasteiger partial charge in [-0.05, 0) is 17.7 Å². The molecule has 0 spiro atoms. The number of nitriles is 1. The molecule has 0 aliphatic heterocycles. The van der Waals surface area contributed by atoms with Gasteiger partial charge in [0.25, 0.3) is 0 Å². The number of nitrogens with zero attached hydrogens (tertiary/aromatic N) is 2. The number of benzene rings is 1. The molecule has 0 radical (unpaired) electrons. The molecule has 0 saturated carbocycles. The lowest BCUT2D eigenvalue weighted by Gasteiger charge is -2.14. The van der Waals surface area contributed by atoms with Gasteiger partial charge in [-0.15, -0.1) is 0 Å². The van der Waals surface area contributed by atoms with Crippen LogP contribution in [0.15, 0.2) is 36.4 Å². The molecule has 2 aromatic rings. The third-order valence-corrected chi connectivity index (χ3v) is 2.70. The molecule has 0 saturated heterocycles. The van der Waals surface area contributed by atoms with E-state index in [1.807, 2.05) is 6.07 Å². The zero-order valence-electron chi connectivity index (χ0n) is 10.1. The Bertz CT molecular complexity index is 672. The van der Waals surface area contributed by atoms with Crippen LogP contribution in [-0.4, -0.2) is 4.98 Å². The predicted octanol–water partition coefficient (Wildman–Crippen LogP) is 3.97. The van der Waals surface area contributed by atoms with E-state index in [4.69, 9.17) is 5.26 Å². The summed E-state index contributed by atoms with van der Waals surface area (Å²) in [7, 11) is 0. The van der Waals surface area contributed by atoms with Gasteiger partial charge in [-0.1, -0.05) is 24.3 Å². The molecule has 2 nitrogen and oxygen atoms in total. The number of rotatable bonds is 2. The molecular weight excluding hydrogens is 272 g/mol. The van der Waals surface area contributed by atoms with Gasteiger partial charge in [0.05, 0.1) is 23.7 Å². The quantitative estimate of drug-likeness (QED) is 0.616. The topological polar surface area (TPSA) is 36.7 Å². The summed E-state index contributed by atoms with van der Waals surface area (Å²) in [4.78, 5) is 3.52. The normalized spacial score (nSPS) is 11.2. The molecule has 0 aliphatic carbocycles. The first-order chi connectivity index (χ1) is 9.43. The Hall–Kier alpha value is -2.42. The van der Waals surface area contributed by atoms with Crippen molar-refractivity contribution >= 4 is 0 Å². The van der Waals surface area contributed by atoms with E-state index in [1.165, 1.54) is 24.3 Å². The largest absolute Gasteiger partial charge is 0.417 e. The lowest BCUT2D eigenvalue weighted by molar-refractivity contribution is -0.137. The van der Waals surface area contributed by atoms with Gasteiger partial charge in [-0.25, -0.2) is 4.98 Å². The predicted molar refractivity (Wildman–Crippen MR) is 64.0 cm³/mol. The first-order valence-electron chi connectivity index (χ1n) is 5.62. The second-order valence-corrected chi connectivity index (χ2v) is 4.02. The van der Waals surface area contributed by atoms with E-state index in [-0.39, 0.29) is 23.2 Å². The highest BCUT2D eigenvalue weighted by molar-refractivity contribution is 5.68. The summed E-state index contributed by atoms with van der Waals surface area (Å²) in [6.07, 6.45) is -4.72. The molecule has 2 rings (SSSR count). The third-order valence-electron chi connectivity index (χ3n) is 2.70. The number of alkyl halides is 3. The summed E-state index contributed by atoms with van der Waals surface area (Å²) in [6, 6.07) is 8.89. The molecule has 6 heteroatoms. The Balaban J connectivity index is 2.69. The molecule has 0 aliphatic rings. The first-order valence-corrected chi connectivity index (χ1v) is 5.62. The highest BCUT2D eigenvalue weighted by Crippen LogP contribution is 2.37. The average Bonchev–Trinajstić information content (AvgIpc) is 2.40. The fourth-order valence-corrected chi connectivity index (χ4v) is 1.86. The highest BCUT2D eigenvalue weighted by Gasteiger charge is 2.34. The fraction of sp³-hybridized carbons (Fsp3) is 0.143. The Kier molecular flexibility index (Phi) is 3.70. The van der Waals surface area contributed by atoms with Crippen LogP contribution in [0.4, 0.5) is 17.6 Å². The SMILES string of the molecule is N#CCc1ccc(F)nc1-c1ccccc1C(F)(F)F. The maximum Gasteiger partial charge on any atom is 0.417 e. The van der Waals surface area contributed by atoms with E-state index in [1.54, 1.807) is 0 Å². The third kappa shape index (κ3) is 2.77. The zero-order chi connectivity index (χ0) is 14.8. The average molecular weight is 280 g/mol. The van der Waals surface area contributed by atoms with E-state index in [2.05, 4.69) is 4.98 Å². The molecule has 1 aromatic heterocycles. The van der Waals surface area contributed by atoms with Gasteiger partial charge >= 0.3 is 6.18 Å². The maximum absolute atomic E-state index is 13.2. The van der Waals surface area contributed by atoms with Crippen LogP contribution in [0.3, 0.4) is 0 Å². The summed E-state index contributed by atoms with van der Waals surface area (Å²) in [6.45, 7) is 0. The lowest BCUT2D eigenvalue weighted by Crippen LogP contribution is -2.08. The monoisotopic (exact) mass is 280 g/mol. The van der Waals surface area contributed by atoms with Crippen LogP contribution in [0.1, 0.15) is 11.1 Å². The fourth-order valence-electron chi connectivity index (χ4n) is 1.86. The number of aromatic nitrogens is 1. The van der Waals surface area contributed by atoms with Crippen molar-refractivity contribution in [3.05, 3.63) is 53.5 Å². The molecular formula is C14H8F4N2. The van der Waals surface area contributed by atoms with Crippen LogP contribution >= 0.6 is 0 Å². The van der Waals surface area contributed by atoms with E-state index >= 15 is 0 Å². The standard InChI is InChI=1S/C14H8F4N2/c15-12-6-5-9(7-8-19)13(20-12)10-3-1-2-4-11(10)14(16,17)18/h1-6H,7H2. The summed E-state index contributed by atoms with van der Waals surface area (Å²) in [5.41, 5.74) is -1.04. The minimum atomic E-state index is -4.57. The van der Waals surface area contributed by atoms with Crippen LogP contribution in [0.5, 0.6) is 0 Å². The van der Waals surface area contributed by atoms with Crippen LogP contribution in [-0.2, 0) is 12.6 Å². The number of hydrogen-bond acceptors (Lipinski definition) is 2. The second-order valence-electron chi connectivity index (χ2n) is 4.02. The lowest BCUT2D eigenvalue weighted by atomic mass is 9.99. The van der Waals surface area contributed by atoms with Crippen molar-refractivity contribution in [3.8, 4) is 17.3 Å². The Morgan fingerprint density at radius 2 is 1.80 bits per heavy atom. The van der Waals surface area contributed by atoms with Crippen molar-refractivity contribution in [2.45, 2.75) is 12.6 Å². The summed E-state index contributed by atoms with van der Waals surface area (Å²) < 4.78 is 52.1. The van der Waals surface area contributed by atoms with E-state index in [0.717, 1.165) is 12.1 Å². The van der Waals surface area contributed by atoms with Crippen LogP contribution in [0.2, 0.25) is 0 Å². The summed E-state index contributed by atoms with van der Waals surface area (Å²) in [5, 5.41) is 8.70. The van der Waals surface area contributed by atoms with Gasteiger partial charge in [0.2, 0.25) is 5.95 Å². The molecule has 0 fully saturated rings. The minimum absolute atomic E-state index is 0.144. The van der Waals surface area contributed by atoms with Gasteiger partial charge in [-0.2, -0.15) is 22.8 Å². The molecule has 102 valence electrons. The molecule has 1 aromatic carbocycles. The Morgan fingerprint density at radius 3 is 2.45 bits per heavy atom. The van der Waals surface area contributed by atoms with E-state index < -0.39 is 17.7 Å². The smallest absolute Gasteiger partial charge is 0.219 e. The first kappa shape index (κ1) is 14.0. The highest BCUT2D eigenvalue weighted by atomic mass is 19.4. The molecule has 20 heavy (non-hydrogen) atoms. The van der Waals surface area contributed by atoms with Crippen molar-refractivity contribution in [2.75, 3.05) is 0 Å². The number of halogens is 4. The summed E-state index contributed by atoms with van der Waals surface area (Å²) >= 11 is 0. The number of pyridine rings is 1. The van der Waals surface area contributed by atoms with Gasteiger partial charge in [-0.3, -0.25) is 0 Å². The van der Waals surface area contributed by atoms with Crippen LogP contribution in [0.25, 0.3) is 11.3 Å². The minimum Gasteiger partial charge on any atom is -0.219 e. The van der Waals surface area contributed by atoms with Crippen molar-refractivity contribution in [1.29, 1.82) is 5.26 Å². The zero-order valence-corrected chi connectivity index (χ0v) is 10.1. The van der Waals surface area contributed by atoms with E-state index in [9.17, 15) is 17.6 Å². The molecule has 0 N–H and O–H groups in total. The van der Waals surface area contributed by atoms with Gasteiger partial charge < -0.3 is 0 Å². The van der Waals surface area contributed by atoms with Gasteiger partial charge in [0.15, 0.2) is 0 Å². The molecule has 1 heterocycles. The maximum atomic E-state index is 13.2. The second kappa shape index (κ2) is 5.29. The van der Waals surface area contributed by atoms with Crippen molar-refractivity contribution in [2.24, 2.45) is 0 Å². The number of hydrogen-bond donors (Lipinski definition) is 0. The molecule has 0 unspecified atom stereocenters. The van der Waals surface area contributed by atoms with Crippen LogP contribution in [0, 0.1) is 17.3 Å². The van der Waals surface area contributed by atoms with Gasteiger partial charge in [0, 0.05) is 5.56 Å². The molecule has 0 bridgehead atoms. The summed E-state index contributed by atoms with van der Waals surface area (Å²) in [5.74, 6) is -0.890. The van der Waals surface area contributed by atoms with Crippen LogP contribution < -0.4 is 0 Å². The van der Waals surface area contributed by atoms with E-state index in [0.29, 0.717) is 0 Å². The van der Waals surface area contributed by atoms with Crippen molar-refractivity contribution < 1.29 is 17.6 Å². The Labute approximate surface area is 112 Å². The molecule has 0 amide bonds. The van der Waals surface area contributed by atoms with Gasteiger partial charge in [0.1, 0.15) is 0 Å². The van der Waals surface area contributed by atoms with Crippen molar-refractivity contribution in [1.82, 2.24) is 4.98 Å². The van der Waals surface area contributed by atoms with Crippen molar-refractivity contribution in [3.63, 3.8) is 0 Å². The Morgan fingerprint density at radius 1 is 1.10 bits per heavy atom.